The van der Waals surface area contributed by atoms with Crippen molar-refractivity contribution in [2.45, 2.75) is 51.5 Å². The Balaban J connectivity index is 1.92. The minimum Gasteiger partial charge on any atom is -0.462 e. The summed E-state index contributed by atoms with van der Waals surface area (Å²) in [5.41, 5.74) is 9.42. The molecule has 0 aromatic heterocycles. The first-order chi connectivity index (χ1) is 13.9. The van der Waals surface area contributed by atoms with Gasteiger partial charge in [-0.1, -0.05) is 37.3 Å². The maximum absolute atomic E-state index is 12.4. The molecule has 0 bridgehead atoms. The number of para-hydroxylation sites is 1. The highest BCUT2D eigenvalue weighted by Crippen LogP contribution is 2.39. The molecule has 3 atom stereocenters. The second-order valence-corrected chi connectivity index (χ2v) is 7.75. The van der Waals surface area contributed by atoms with Crippen molar-refractivity contribution in [1.29, 1.82) is 0 Å². The summed E-state index contributed by atoms with van der Waals surface area (Å²) in [5, 5.41) is 0. The van der Waals surface area contributed by atoms with Crippen LogP contribution in [0.4, 0.5) is 5.69 Å². The van der Waals surface area contributed by atoms with Crippen LogP contribution >= 0.6 is 0 Å². The molecule has 1 saturated heterocycles. The lowest BCUT2D eigenvalue weighted by Gasteiger charge is -2.30. The maximum atomic E-state index is 12.4. The van der Waals surface area contributed by atoms with E-state index >= 15 is 0 Å². The Bertz CT molecular complexity index is 863. The predicted octanol–water partition coefficient (Wildman–Crippen LogP) is 4.22. The largest absolute Gasteiger partial charge is 0.462 e. The third-order valence-corrected chi connectivity index (χ3v) is 5.88. The fraction of sp³-hybridized carbons (Fsp3) is 0.417. The quantitative estimate of drug-likeness (QED) is 0.714. The van der Waals surface area contributed by atoms with Crippen LogP contribution in [0.25, 0.3) is 0 Å². The Morgan fingerprint density at radius 1 is 1.17 bits per heavy atom. The van der Waals surface area contributed by atoms with E-state index in [1.807, 2.05) is 19.1 Å². The molecule has 1 heterocycles. The topological polar surface area (TPSA) is 72.6 Å². The van der Waals surface area contributed by atoms with E-state index in [1.54, 1.807) is 31.2 Å². The van der Waals surface area contributed by atoms with Crippen molar-refractivity contribution in [3.05, 3.63) is 65.2 Å². The molecule has 1 aliphatic heterocycles. The van der Waals surface area contributed by atoms with E-state index in [1.165, 1.54) is 18.5 Å². The third kappa shape index (κ3) is 4.44. The molecule has 154 valence electrons. The fourth-order valence-corrected chi connectivity index (χ4v) is 4.35. The first kappa shape index (κ1) is 20.9. The molecule has 1 fully saturated rings. The minimum atomic E-state index is -0.481. The zero-order valence-electron chi connectivity index (χ0n) is 17.4. The van der Waals surface area contributed by atoms with Crippen LogP contribution in [0.5, 0.6) is 0 Å². The second-order valence-electron chi connectivity index (χ2n) is 7.75. The van der Waals surface area contributed by atoms with Gasteiger partial charge in [0.25, 0.3) is 0 Å². The Morgan fingerprint density at radius 2 is 1.86 bits per heavy atom. The van der Waals surface area contributed by atoms with E-state index < -0.39 is 5.92 Å². The lowest BCUT2D eigenvalue weighted by Crippen LogP contribution is -2.30. The number of carbonyl (C=O) groups is 2. The molecule has 2 aromatic rings. The van der Waals surface area contributed by atoms with Gasteiger partial charge in [-0.2, -0.15) is 0 Å². The number of nitrogens with zero attached hydrogens (tertiary/aromatic N) is 1. The van der Waals surface area contributed by atoms with E-state index in [4.69, 9.17) is 10.5 Å². The molecule has 29 heavy (non-hydrogen) atoms. The van der Waals surface area contributed by atoms with Crippen molar-refractivity contribution in [2.75, 3.05) is 18.1 Å². The molecule has 0 saturated carbocycles. The Morgan fingerprint density at radius 3 is 2.45 bits per heavy atom. The van der Waals surface area contributed by atoms with Gasteiger partial charge in [-0.15, -0.1) is 0 Å². The summed E-state index contributed by atoms with van der Waals surface area (Å²) in [5.74, 6) is -1.31. The third-order valence-electron chi connectivity index (χ3n) is 5.88. The van der Waals surface area contributed by atoms with E-state index in [0.717, 1.165) is 17.7 Å². The molecule has 1 aliphatic rings. The van der Waals surface area contributed by atoms with Crippen LogP contribution in [0.3, 0.4) is 0 Å². The molecule has 1 amide bonds. The van der Waals surface area contributed by atoms with Gasteiger partial charge >= 0.3 is 5.97 Å². The molecule has 0 spiro atoms. The summed E-state index contributed by atoms with van der Waals surface area (Å²) in [6.45, 7) is 7.42. The van der Waals surface area contributed by atoms with Gasteiger partial charge in [-0.05, 0) is 61.9 Å². The van der Waals surface area contributed by atoms with Crippen LogP contribution in [-0.2, 0) is 9.53 Å². The maximum Gasteiger partial charge on any atom is 0.338 e. The average molecular weight is 395 g/mol. The Kier molecular flexibility index (Phi) is 6.57. The van der Waals surface area contributed by atoms with Gasteiger partial charge in [0.1, 0.15) is 0 Å². The van der Waals surface area contributed by atoms with Gasteiger partial charge < -0.3 is 15.4 Å². The van der Waals surface area contributed by atoms with Crippen LogP contribution in [-0.4, -0.2) is 31.1 Å². The van der Waals surface area contributed by atoms with E-state index in [0.29, 0.717) is 18.2 Å². The van der Waals surface area contributed by atoms with Crippen LogP contribution in [0, 0.1) is 0 Å². The number of primary amides is 1. The van der Waals surface area contributed by atoms with E-state index in [2.05, 4.69) is 24.0 Å². The number of esters is 1. The average Bonchev–Trinajstić information content (AvgIpc) is 3.14. The molecule has 3 rings (SSSR count). The molecule has 3 unspecified atom stereocenters. The van der Waals surface area contributed by atoms with Crippen molar-refractivity contribution in [2.24, 2.45) is 5.73 Å². The highest BCUT2D eigenvalue weighted by atomic mass is 16.5. The summed E-state index contributed by atoms with van der Waals surface area (Å²) in [6.07, 6.45) is 2.36. The summed E-state index contributed by atoms with van der Waals surface area (Å²) in [6, 6.07) is 15.8. The lowest BCUT2D eigenvalue weighted by molar-refractivity contribution is -0.119. The van der Waals surface area contributed by atoms with Crippen molar-refractivity contribution in [3.8, 4) is 0 Å². The number of amides is 1. The number of rotatable bonds is 7. The SMILES string of the molecule is CCOC(=O)c1ccc(C(C(N)=O)C(C)c2ccccc2N2CCCC2C)cc1. The van der Waals surface area contributed by atoms with Crippen LogP contribution in [0.1, 0.15) is 66.9 Å². The number of hydrogen-bond donors (Lipinski definition) is 1. The van der Waals surface area contributed by atoms with Gasteiger partial charge in [-0.3, -0.25) is 4.79 Å². The normalized spacial score (nSPS) is 18.3. The molecular formula is C24H30N2O3. The first-order valence-corrected chi connectivity index (χ1v) is 10.4. The second kappa shape index (κ2) is 9.12. The van der Waals surface area contributed by atoms with Crippen molar-refractivity contribution < 1.29 is 14.3 Å². The zero-order valence-corrected chi connectivity index (χ0v) is 17.4. The molecule has 0 radical (unpaired) electrons. The highest BCUT2D eigenvalue weighted by molar-refractivity contribution is 5.90. The number of nitrogens with two attached hydrogens (primary N) is 1. The fourth-order valence-electron chi connectivity index (χ4n) is 4.35. The Hall–Kier alpha value is -2.82. The van der Waals surface area contributed by atoms with Crippen LogP contribution in [0.2, 0.25) is 0 Å². The number of ether oxygens (including phenoxy) is 1. The van der Waals surface area contributed by atoms with Gasteiger partial charge in [-0.25, -0.2) is 4.79 Å². The predicted molar refractivity (Wildman–Crippen MR) is 115 cm³/mol. The summed E-state index contributed by atoms with van der Waals surface area (Å²) in [7, 11) is 0. The monoisotopic (exact) mass is 394 g/mol. The molecule has 2 aromatic carbocycles. The van der Waals surface area contributed by atoms with E-state index in [-0.39, 0.29) is 17.8 Å². The van der Waals surface area contributed by atoms with Gasteiger partial charge in [0.05, 0.1) is 18.1 Å². The van der Waals surface area contributed by atoms with Crippen LogP contribution < -0.4 is 10.6 Å². The number of benzene rings is 2. The lowest BCUT2D eigenvalue weighted by atomic mass is 9.81. The van der Waals surface area contributed by atoms with Gasteiger partial charge in [0.15, 0.2) is 0 Å². The summed E-state index contributed by atoms with van der Waals surface area (Å²) >= 11 is 0. The van der Waals surface area contributed by atoms with Crippen molar-refractivity contribution >= 4 is 17.6 Å². The van der Waals surface area contributed by atoms with Crippen molar-refractivity contribution in [3.63, 3.8) is 0 Å². The van der Waals surface area contributed by atoms with Crippen LogP contribution in [0.15, 0.2) is 48.5 Å². The zero-order chi connectivity index (χ0) is 21.0. The molecule has 5 heteroatoms. The first-order valence-electron chi connectivity index (χ1n) is 10.4. The molecule has 0 aliphatic carbocycles. The molecule has 2 N–H and O–H groups in total. The number of carbonyl (C=O) groups excluding carboxylic acids is 2. The summed E-state index contributed by atoms with van der Waals surface area (Å²) < 4.78 is 5.04. The molecule has 5 nitrogen and oxygen atoms in total. The Labute approximate surface area is 172 Å². The number of anilines is 1. The highest BCUT2D eigenvalue weighted by Gasteiger charge is 2.30. The standard InChI is InChI=1S/C24H30N2O3/c1-4-29-24(28)19-13-11-18(12-14-19)22(23(25)27)17(3)20-9-5-6-10-21(20)26-15-7-8-16(26)2/h5-6,9-14,16-17,22H,4,7-8,15H2,1-3H3,(H2,25,27). The van der Waals surface area contributed by atoms with Gasteiger partial charge in [0, 0.05) is 18.3 Å². The summed E-state index contributed by atoms with van der Waals surface area (Å²) in [4.78, 5) is 26.8. The van der Waals surface area contributed by atoms with Crippen molar-refractivity contribution in [1.82, 2.24) is 0 Å². The van der Waals surface area contributed by atoms with Gasteiger partial charge in [0.2, 0.25) is 5.91 Å². The molecular weight excluding hydrogens is 364 g/mol. The van der Waals surface area contributed by atoms with E-state index in [9.17, 15) is 9.59 Å². The smallest absolute Gasteiger partial charge is 0.338 e. The number of hydrogen-bond acceptors (Lipinski definition) is 4. The minimum absolute atomic E-state index is 0.0926.